The van der Waals surface area contributed by atoms with E-state index in [0.29, 0.717) is 11.1 Å². The van der Waals surface area contributed by atoms with Gasteiger partial charge in [0.05, 0.1) is 53.7 Å². The predicted octanol–water partition coefficient (Wildman–Crippen LogP) is 2.79. The molecule has 4 rings (SSSR count). The lowest BCUT2D eigenvalue weighted by Crippen LogP contribution is -2.57. The minimum Gasteiger partial charge on any atom is -0.466 e. The molecule has 0 radical (unpaired) electrons. The van der Waals surface area contributed by atoms with E-state index in [0.717, 1.165) is 0 Å². The summed E-state index contributed by atoms with van der Waals surface area (Å²) >= 11 is 0. The van der Waals surface area contributed by atoms with Crippen LogP contribution in [0.1, 0.15) is 23.3 Å². The van der Waals surface area contributed by atoms with E-state index in [1.807, 2.05) is 0 Å². The minimum absolute atomic E-state index is 0.124. The third-order valence-corrected chi connectivity index (χ3v) is 10.9. The molecular weight excluding hydrogens is 400 g/mol. The fraction of sp³-hybridized carbons (Fsp3) is 0.545. The molecule has 29 heavy (non-hydrogen) atoms. The molecule has 1 aromatic rings. The monoisotopic (exact) mass is 430 g/mol. The minimum atomic E-state index is -1.56. The molecular formula is C22H30O5Si2. The third-order valence-electron chi connectivity index (χ3n) is 6.55. The Bertz CT molecular complexity index is 876. The molecule has 1 saturated heterocycles. The summed E-state index contributed by atoms with van der Waals surface area (Å²) in [6.45, 7) is 14.3. The van der Waals surface area contributed by atoms with E-state index in [4.69, 9.17) is 14.2 Å². The number of carbonyl (C=O) groups excluding carboxylic acids is 2. The van der Waals surface area contributed by atoms with Gasteiger partial charge in [-0.3, -0.25) is 0 Å². The number of carbonyl (C=O) groups is 2. The molecule has 1 fully saturated rings. The topological polar surface area (TPSA) is 61.8 Å². The molecule has 0 amide bonds. The van der Waals surface area contributed by atoms with Crippen molar-refractivity contribution >= 4 is 38.5 Å². The lowest BCUT2D eigenvalue weighted by molar-refractivity contribution is -0.142. The Morgan fingerprint density at radius 3 is 1.38 bits per heavy atom. The molecule has 4 atom stereocenters. The predicted molar refractivity (Wildman–Crippen MR) is 117 cm³/mol. The Labute approximate surface area is 174 Å². The molecule has 3 aliphatic rings. The summed E-state index contributed by atoms with van der Waals surface area (Å²) < 4.78 is 16.3. The molecule has 2 aliphatic heterocycles. The van der Waals surface area contributed by atoms with E-state index in [1.165, 1.54) is 35.7 Å². The molecule has 5 nitrogen and oxygen atoms in total. The van der Waals surface area contributed by atoms with Gasteiger partial charge in [-0.05, 0) is 11.1 Å². The molecule has 1 aliphatic carbocycles. The molecule has 0 aromatic heterocycles. The van der Waals surface area contributed by atoms with Gasteiger partial charge >= 0.3 is 11.9 Å². The second-order valence-corrected chi connectivity index (χ2v) is 20.4. The van der Waals surface area contributed by atoms with Gasteiger partial charge in [0.15, 0.2) is 0 Å². The van der Waals surface area contributed by atoms with Gasteiger partial charge in [-0.15, -0.1) is 0 Å². The number of ether oxygens (including phenoxy) is 3. The van der Waals surface area contributed by atoms with Gasteiger partial charge in [-0.2, -0.15) is 0 Å². The number of methoxy groups -OCH3 is 2. The Hall–Kier alpha value is -1.71. The molecule has 0 N–H and O–H groups in total. The van der Waals surface area contributed by atoms with Crippen LogP contribution in [0.2, 0.25) is 39.3 Å². The first-order chi connectivity index (χ1) is 13.4. The van der Waals surface area contributed by atoms with Gasteiger partial charge < -0.3 is 14.2 Å². The van der Waals surface area contributed by atoms with E-state index >= 15 is 0 Å². The van der Waals surface area contributed by atoms with Gasteiger partial charge in [-0.1, -0.05) is 61.8 Å². The van der Waals surface area contributed by atoms with Gasteiger partial charge in [-0.25, -0.2) is 9.59 Å². The van der Waals surface area contributed by atoms with Crippen molar-refractivity contribution in [1.29, 1.82) is 0 Å². The number of fused-ring (bicyclic) bond motifs is 8. The molecule has 1 aromatic carbocycles. The second kappa shape index (κ2) is 6.39. The highest BCUT2D eigenvalue weighted by Crippen LogP contribution is 2.67. The maximum atomic E-state index is 12.4. The standard InChI is InChI=1S/C22H30O5Si2/c1-25-21(23)17-15-16(18(17)22(24)26-2)20-12-10-14(29(6,7)8)13(28(3,4)5)9-11(12)19(15)27-20/h9-10,15-16,19-20H,1-8H3/t15-,16+,19-,20+. The smallest absolute Gasteiger partial charge is 0.334 e. The highest BCUT2D eigenvalue weighted by atomic mass is 28.3. The molecule has 0 spiro atoms. The van der Waals surface area contributed by atoms with Crippen LogP contribution < -0.4 is 10.4 Å². The first-order valence-electron chi connectivity index (χ1n) is 10.2. The van der Waals surface area contributed by atoms with Crippen molar-refractivity contribution in [3.63, 3.8) is 0 Å². The van der Waals surface area contributed by atoms with Crippen LogP contribution in [0.3, 0.4) is 0 Å². The average molecular weight is 431 g/mol. The summed E-state index contributed by atoms with van der Waals surface area (Å²) in [5, 5.41) is 3.00. The molecule has 0 unspecified atom stereocenters. The number of hydrogen-bond acceptors (Lipinski definition) is 5. The highest BCUT2D eigenvalue weighted by Gasteiger charge is 2.64. The van der Waals surface area contributed by atoms with Gasteiger partial charge in [0.1, 0.15) is 0 Å². The summed E-state index contributed by atoms with van der Waals surface area (Å²) in [6, 6.07) is 4.72. The Balaban J connectivity index is 1.87. The molecule has 2 heterocycles. The van der Waals surface area contributed by atoms with Crippen molar-refractivity contribution in [2.45, 2.75) is 51.5 Å². The summed E-state index contributed by atoms with van der Waals surface area (Å²) in [4.78, 5) is 24.9. The van der Waals surface area contributed by atoms with Crippen molar-refractivity contribution in [1.82, 2.24) is 0 Å². The van der Waals surface area contributed by atoms with Gasteiger partial charge in [0, 0.05) is 11.8 Å². The quantitative estimate of drug-likeness (QED) is 0.543. The van der Waals surface area contributed by atoms with Crippen molar-refractivity contribution in [2.75, 3.05) is 14.2 Å². The van der Waals surface area contributed by atoms with Crippen LogP contribution >= 0.6 is 0 Å². The number of esters is 2. The largest absolute Gasteiger partial charge is 0.466 e. The lowest BCUT2D eigenvalue weighted by Gasteiger charge is -2.41. The third kappa shape index (κ3) is 2.81. The van der Waals surface area contributed by atoms with Crippen LogP contribution in [0.15, 0.2) is 23.3 Å². The van der Waals surface area contributed by atoms with Crippen LogP contribution in [-0.2, 0) is 23.8 Å². The first kappa shape index (κ1) is 20.6. The Morgan fingerprint density at radius 2 is 1.10 bits per heavy atom. The number of rotatable bonds is 4. The summed E-state index contributed by atoms with van der Waals surface area (Å²) in [6.07, 6.45) is -0.374. The zero-order valence-corrected chi connectivity index (χ0v) is 20.5. The van der Waals surface area contributed by atoms with Crippen LogP contribution in [0.25, 0.3) is 0 Å². The Kier molecular flexibility index (Phi) is 4.53. The summed E-state index contributed by atoms with van der Waals surface area (Å²) in [5.41, 5.74) is 3.26. The number of hydrogen-bond donors (Lipinski definition) is 0. The SMILES string of the molecule is COC(=O)C1=C(C(=O)OC)[C@H]2[C@@H]1[C@H]1O[C@@H]2c2cc([Si](C)(C)C)c([Si](C)(C)C)cc21. The van der Waals surface area contributed by atoms with Crippen molar-refractivity contribution < 1.29 is 23.8 Å². The van der Waals surface area contributed by atoms with Crippen LogP contribution in [0.5, 0.6) is 0 Å². The van der Waals surface area contributed by atoms with Crippen LogP contribution in [0.4, 0.5) is 0 Å². The maximum Gasteiger partial charge on any atom is 0.334 e. The van der Waals surface area contributed by atoms with E-state index in [-0.39, 0.29) is 24.0 Å². The van der Waals surface area contributed by atoms with E-state index in [1.54, 1.807) is 0 Å². The highest BCUT2D eigenvalue weighted by molar-refractivity contribution is 6.98. The normalized spacial score (nSPS) is 27.3. The maximum absolute atomic E-state index is 12.4. The van der Waals surface area contributed by atoms with Gasteiger partial charge in [0.25, 0.3) is 0 Å². The average Bonchev–Trinajstić information content (AvgIpc) is 3.11. The van der Waals surface area contributed by atoms with Crippen molar-refractivity contribution in [3.05, 3.63) is 34.4 Å². The van der Waals surface area contributed by atoms with Crippen LogP contribution in [-0.4, -0.2) is 42.3 Å². The second-order valence-electron chi connectivity index (χ2n) is 10.4. The molecule has 2 bridgehead atoms. The molecule has 0 saturated carbocycles. The Morgan fingerprint density at radius 1 is 0.759 bits per heavy atom. The van der Waals surface area contributed by atoms with Crippen molar-refractivity contribution in [2.24, 2.45) is 11.8 Å². The van der Waals surface area contributed by atoms with Gasteiger partial charge in [0.2, 0.25) is 0 Å². The molecule has 7 heteroatoms. The zero-order chi connectivity index (χ0) is 21.5. The van der Waals surface area contributed by atoms with Crippen LogP contribution in [0, 0.1) is 11.8 Å². The van der Waals surface area contributed by atoms with Crippen molar-refractivity contribution in [3.8, 4) is 0 Å². The van der Waals surface area contributed by atoms with E-state index in [9.17, 15) is 9.59 Å². The van der Waals surface area contributed by atoms with E-state index < -0.39 is 28.1 Å². The zero-order valence-electron chi connectivity index (χ0n) is 18.5. The summed E-state index contributed by atoms with van der Waals surface area (Å²) in [5.74, 6) is -1.15. The lowest BCUT2D eigenvalue weighted by atomic mass is 9.60. The first-order valence-corrected chi connectivity index (χ1v) is 17.2. The fourth-order valence-corrected chi connectivity index (χ4v) is 10.4. The number of benzene rings is 1. The van der Waals surface area contributed by atoms with E-state index in [2.05, 4.69) is 51.4 Å². The fourth-order valence-electron chi connectivity index (χ4n) is 5.24. The molecule has 156 valence electrons. The summed E-state index contributed by atoms with van der Waals surface area (Å²) in [7, 11) is -0.420.